The highest BCUT2D eigenvalue weighted by molar-refractivity contribution is 5.75. The van der Waals surface area contributed by atoms with Crippen LogP contribution in [0, 0.1) is 0 Å². The van der Waals surface area contributed by atoms with E-state index in [0.29, 0.717) is 25.6 Å². The van der Waals surface area contributed by atoms with E-state index in [9.17, 15) is 4.79 Å². The summed E-state index contributed by atoms with van der Waals surface area (Å²) in [6.45, 7) is 6.08. The average Bonchev–Trinajstić information content (AvgIpc) is 2.83. The fourth-order valence-electron chi connectivity index (χ4n) is 3.66. The maximum Gasteiger partial charge on any atom is 0.323 e. The normalized spacial score (nSPS) is 14.5. The number of nitrogens with zero attached hydrogens (tertiary/aromatic N) is 3. The van der Waals surface area contributed by atoms with Gasteiger partial charge in [-0.1, -0.05) is 30.3 Å². The van der Waals surface area contributed by atoms with Crippen LogP contribution in [0.1, 0.15) is 30.7 Å². The largest absolute Gasteiger partial charge is 0.489 e. The van der Waals surface area contributed by atoms with Gasteiger partial charge < -0.3 is 9.47 Å². The van der Waals surface area contributed by atoms with Gasteiger partial charge in [0.25, 0.3) is 0 Å². The van der Waals surface area contributed by atoms with Gasteiger partial charge in [0.2, 0.25) is 0 Å². The number of carbonyl (C=O) groups is 1. The predicted molar refractivity (Wildman–Crippen MR) is 118 cm³/mol. The summed E-state index contributed by atoms with van der Waals surface area (Å²) in [5.41, 5.74) is 4.20. The van der Waals surface area contributed by atoms with Gasteiger partial charge in [-0.25, -0.2) is 9.97 Å². The molecule has 0 aliphatic carbocycles. The molecule has 1 aromatic heterocycles. The van der Waals surface area contributed by atoms with E-state index in [0.717, 1.165) is 41.1 Å². The molecule has 6 nitrogen and oxygen atoms in total. The van der Waals surface area contributed by atoms with Crippen LogP contribution in [0.5, 0.6) is 5.75 Å². The Morgan fingerprint density at radius 1 is 1.13 bits per heavy atom. The Hall–Kier alpha value is -3.25. The van der Waals surface area contributed by atoms with Crippen LogP contribution in [0.2, 0.25) is 0 Å². The third-order valence-corrected chi connectivity index (χ3v) is 5.50. The molecule has 160 valence electrons. The summed E-state index contributed by atoms with van der Waals surface area (Å²) in [7, 11) is 0. The molecule has 0 amide bonds. The zero-order valence-electron chi connectivity index (χ0n) is 18.0. The second-order valence-corrected chi connectivity index (χ2v) is 7.61. The van der Waals surface area contributed by atoms with E-state index >= 15 is 0 Å². The molecule has 2 heterocycles. The molecule has 6 heteroatoms. The van der Waals surface area contributed by atoms with Crippen LogP contribution in [0.25, 0.3) is 11.4 Å². The number of fused-ring (bicyclic) bond motifs is 1. The molecule has 0 saturated heterocycles. The standard InChI is InChI=1S/C25H27N3O3/c1-3-30-25(29)18(2)28-14-13-23-21(16-28)15-26-24(27-23)20-9-11-22(12-10-20)31-17-19-7-5-4-6-8-19/h4-12,15,18H,3,13-14,16-17H2,1-2H3. The molecular weight excluding hydrogens is 390 g/mol. The van der Waals surface area contributed by atoms with Crippen molar-refractivity contribution in [2.45, 2.75) is 39.5 Å². The van der Waals surface area contributed by atoms with Crippen LogP contribution >= 0.6 is 0 Å². The molecule has 1 aliphatic heterocycles. The number of aromatic nitrogens is 2. The predicted octanol–water partition coefficient (Wildman–Crippen LogP) is 4.03. The minimum atomic E-state index is -0.267. The van der Waals surface area contributed by atoms with E-state index < -0.39 is 0 Å². The molecule has 1 atom stereocenters. The minimum Gasteiger partial charge on any atom is -0.489 e. The minimum absolute atomic E-state index is 0.182. The van der Waals surface area contributed by atoms with E-state index in [4.69, 9.17) is 14.5 Å². The van der Waals surface area contributed by atoms with Crippen molar-refractivity contribution in [1.29, 1.82) is 0 Å². The van der Waals surface area contributed by atoms with E-state index in [2.05, 4.69) is 9.88 Å². The van der Waals surface area contributed by atoms with E-state index in [1.165, 1.54) is 0 Å². The molecule has 0 spiro atoms. The van der Waals surface area contributed by atoms with Gasteiger partial charge in [0.15, 0.2) is 5.82 Å². The quantitative estimate of drug-likeness (QED) is 0.541. The summed E-state index contributed by atoms with van der Waals surface area (Å²) in [5, 5.41) is 0. The first-order valence-corrected chi connectivity index (χ1v) is 10.7. The van der Waals surface area contributed by atoms with Gasteiger partial charge in [-0.3, -0.25) is 9.69 Å². The van der Waals surface area contributed by atoms with Gasteiger partial charge in [-0.2, -0.15) is 0 Å². The first-order valence-electron chi connectivity index (χ1n) is 10.7. The monoisotopic (exact) mass is 417 g/mol. The smallest absolute Gasteiger partial charge is 0.323 e. The molecule has 0 fully saturated rings. The lowest BCUT2D eigenvalue weighted by Crippen LogP contribution is -2.43. The summed E-state index contributed by atoms with van der Waals surface area (Å²) < 4.78 is 11.0. The number of ether oxygens (including phenoxy) is 2. The van der Waals surface area contributed by atoms with Crippen molar-refractivity contribution < 1.29 is 14.3 Å². The summed E-state index contributed by atoms with van der Waals surface area (Å²) >= 11 is 0. The van der Waals surface area contributed by atoms with Crippen molar-refractivity contribution in [3.63, 3.8) is 0 Å². The van der Waals surface area contributed by atoms with Crippen molar-refractivity contribution in [3.05, 3.63) is 77.6 Å². The third kappa shape index (κ3) is 5.09. The maximum atomic E-state index is 12.0. The Labute approximate surface area is 182 Å². The van der Waals surface area contributed by atoms with Crippen LogP contribution in [0.15, 0.2) is 60.8 Å². The van der Waals surface area contributed by atoms with E-state index in [1.807, 2.05) is 74.6 Å². The van der Waals surface area contributed by atoms with Gasteiger partial charge in [0.05, 0.1) is 12.3 Å². The summed E-state index contributed by atoms with van der Waals surface area (Å²) in [5.74, 6) is 1.34. The number of esters is 1. The molecule has 3 aromatic rings. The van der Waals surface area contributed by atoms with Crippen molar-refractivity contribution in [2.75, 3.05) is 13.2 Å². The summed E-state index contributed by atoms with van der Waals surface area (Å²) in [6, 6.07) is 17.7. The Balaban J connectivity index is 1.41. The topological polar surface area (TPSA) is 64.5 Å². The molecule has 1 aliphatic rings. The second-order valence-electron chi connectivity index (χ2n) is 7.61. The Morgan fingerprint density at radius 2 is 1.90 bits per heavy atom. The maximum absolute atomic E-state index is 12.0. The fraction of sp³-hybridized carbons (Fsp3) is 0.320. The van der Waals surface area contributed by atoms with Crippen molar-refractivity contribution in [2.24, 2.45) is 0 Å². The van der Waals surface area contributed by atoms with Gasteiger partial charge in [-0.15, -0.1) is 0 Å². The average molecular weight is 418 g/mol. The number of rotatable bonds is 7. The Bertz CT molecular complexity index is 1020. The molecule has 2 aromatic carbocycles. The number of benzene rings is 2. The number of carbonyl (C=O) groups excluding carboxylic acids is 1. The summed E-state index contributed by atoms with van der Waals surface area (Å²) in [4.78, 5) is 23.5. The van der Waals surface area contributed by atoms with Crippen LogP contribution in [-0.2, 0) is 29.1 Å². The van der Waals surface area contributed by atoms with Crippen LogP contribution in [0.3, 0.4) is 0 Å². The van der Waals surface area contributed by atoms with Crippen LogP contribution in [0.4, 0.5) is 0 Å². The first kappa shape index (κ1) is 21.0. The van der Waals surface area contributed by atoms with Gasteiger partial charge in [-0.05, 0) is 43.7 Å². The third-order valence-electron chi connectivity index (χ3n) is 5.50. The highest BCUT2D eigenvalue weighted by atomic mass is 16.5. The van der Waals surface area contributed by atoms with Crippen LogP contribution < -0.4 is 4.74 Å². The van der Waals surface area contributed by atoms with E-state index in [-0.39, 0.29) is 12.0 Å². The Morgan fingerprint density at radius 3 is 2.65 bits per heavy atom. The van der Waals surface area contributed by atoms with Gasteiger partial charge in [0.1, 0.15) is 18.4 Å². The summed E-state index contributed by atoms with van der Waals surface area (Å²) in [6.07, 6.45) is 2.66. The molecular formula is C25H27N3O3. The van der Waals surface area contributed by atoms with Crippen molar-refractivity contribution >= 4 is 5.97 Å². The molecule has 0 saturated carbocycles. The highest BCUT2D eigenvalue weighted by Crippen LogP contribution is 2.24. The first-order chi connectivity index (χ1) is 15.1. The zero-order valence-corrected chi connectivity index (χ0v) is 18.0. The second kappa shape index (κ2) is 9.71. The van der Waals surface area contributed by atoms with Gasteiger partial charge in [0, 0.05) is 36.8 Å². The van der Waals surface area contributed by atoms with Crippen molar-refractivity contribution in [1.82, 2.24) is 14.9 Å². The van der Waals surface area contributed by atoms with Gasteiger partial charge >= 0.3 is 5.97 Å². The van der Waals surface area contributed by atoms with Crippen molar-refractivity contribution in [3.8, 4) is 17.1 Å². The molecule has 1 unspecified atom stereocenters. The SMILES string of the molecule is CCOC(=O)C(C)N1CCc2nc(-c3ccc(OCc4ccccc4)cc3)ncc2C1. The highest BCUT2D eigenvalue weighted by Gasteiger charge is 2.27. The fourth-order valence-corrected chi connectivity index (χ4v) is 3.66. The number of hydrogen-bond acceptors (Lipinski definition) is 6. The molecule has 31 heavy (non-hydrogen) atoms. The molecule has 0 bridgehead atoms. The lowest BCUT2D eigenvalue weighted by atomic mass is 10.0. The lowest BCUT2D eigenvalue weighted by Gasteiger charge is -2.31. The molecule has 4 rings (SSSR count). The number of hydrogen-bond donors (Lipinski definition) is 0. The van der Waals surface area contributed by atoms with Crippen LogP contribution in [-0.4, -0.2) is 40.0 Å². The Kier molecular flexibility index (Phi) is 6.57. The molecule has 0 radical (unpaired) electrons. The lowest BCUT2D eigenvalue weighted by molar-refractivity contribution is -0.149. The zero-order chi connectivity index (χ0) is 21.6. The molecule has 0 N–H and O–H groups in total. The van der Waals surface area contributed by atoms with E-state index in [1.54, 1.807) is 0 Å².